The van der Waals surface area contributed by atoms with Crippen LogP contribution in [0.15, 0.2) is 34.7 Å². The van der Waals surface area contributed by atoms with Gasteiger partial charge in [-0.3, -0.25) is 24.2 Å². The van der Waals surface area contributed by atoms with Gasteiger partial charge in [-0.1, -0.05) is 18.2 Å². The van der Waals surface area contributed by atoms with Crippen LogP contribution in [0.25, 0.3) is 0 Å². The van der Waals surface area contributed by atoms with Crippen LogP contribution in [0.1, 0.15) is 27.4 Å². The fourth-order valence-corrected chi connectivity index (χ4v) is 4.65. The van der Waals surface area contributed by atoms with Crippen molar-refractivity contribution in [2.45, 2.75) is 20.8 Å². The van der Waals surface area contributed by atoms with Crippen molar-refractivity contribution in [3.8, 4) is 0 Å². The zero-order valence-corrected chi connectivity index (χ0v) is 20.9. The normalized spacial score (nSPS) is 17.5. The first kappa shape index (κ1) is 24.9. The number of hydrogen-bond acceptors (Lipinski definition) is 6. The Morgan fingerprint density at radius 1 is 0.771 bits per heavy atom. The summed E-state index contributed by atoms with van der Waals surface area (Å²) in [4.78, 5) is 45.8. The van der Waals surface area contributed by atoms with Crippen LogP contribution >= 0.6 is 0 Å². The molecule has 0 atom stereocenters. The van der Waals surface area contributed by atoms with Crippen LogP contribution in [0.2, 0.25) is 0 Å². The van der Waals surface area contributed by atoms with Crippen LogP contribution in [0.5, 0.6) is 0 Å². The van der Waals surface area contributed by atoms with Crippen molar-refractivity contribution in [3.63, 3.8) is 0 Å². The quantitative estimate of drug-likeness (QED) is 0.676. The highest BCUT2D eigenvalue weighted by molar-refractivity contribution is 5.94. The second-order valence-electron chi connectivity index (χ2n) is 9.45. The Morgan fingerprint density at radius 3 is 1.91 bits per heavy atom. The highest BCUT2D eigenvalue weighted by atomic mass is 16.3. The molecule has 0 unspecified atom stereocenters. The lowest BCUT2D eigenvalue weighted by Gasteiger charge is -2.37. The molecule has 1 aromatic heterocycles. The van der Waals surface area contributed by atoms with E-state index < -0.39 is 0 Å². The molecule has 2 fully saturated rings. The standard InChI is InChI=1S/C26H35N5O4/c1-19-5-4-6-20(2)25(19)27-23(32)17-28-9-13-30(14-10-28)24(33)18-29-11-15-31(16-12-29)26(34)22-8-7-21(3)35-22/h4-8H,9-18H2,1-3H3,(H,27,32). The Morgan fingerprint density at radius 2 is 1.34 bits per heavy atom. The third-order valence-corrected chi connectivity index (χ3v) is 6.81. The van der Waals surface area contributed by atoms with E-state index in [0.717, 1.165) is 22.6 Å². The molecule has 2 aliphatic rings. The van der Waals surface area contributed by atoms with Gasteiger partial charge >= 0.3 is 0 Å². The van der Waals surface area contributed by atoms with Gasteiger partial charge in [0.05, 0.1) is 13.1 Å². The van der Waals surface area contributed by atoms with Gasteiger partial charge in [-0.2, -0.15) is 0 Å². The molecule has 0 bridgehead atoms. The Kier molecular flexibility index (Phi) is 7.87. The summed E-state index contributed by atoms with van der Waals surface area (Å²) in [6, 6.07) is 9.47. The van der Waals surface area contributed by atoms with Gasteiger partial charge < -0.3 is 19.5 Å². The maximum Gasteiger partial charge on any atom is 0.289 e. The van der Waals surface area contributed by atoms with E-state index in [0.29, 0.717) is 71.2 Å². The first-order valence-corrected chi connectivity index (χ1v) is 12.2. The van der Waals surface area contributed by atoms with E-state index in [2.05, 4.69) is 15.1 Å². The minimum absolute atomic E-state index is 0.0284. The predicted octanol–water partition coefficient (Wildman–Crippen LogP) is 1.75. The van der Waals surface area contributed by atoms with Crippen molar-refractivity contribution < 1.29 is 18.8 Å². The maximum atomic E-state index is 12.8. The number of piperazine rings is 2. The molecule has 9 heteroatoms. The summed E-state index contributed by atoms with van der Waals surface area (Å²) in [7, 11) is 0. The number of para-hydroxylation sites is 1. The molecule has 9 nitrogen and oxygen atoms in total. The number of rotatable bonds is 6. The Bertz CT molecular complexity index is 1050. The second kappa shape index (κ2) is 11.0. The zero-order chi connectivity index (χ0) is 24.9. The maximum absolute atomic E-state index is 12.8. The van der Waals surface area contributed by atoms with Crippen LogP contribution in [0.4, 0.5) is 5.69 Å². The highest BCUT2D eigenvalue weighted by Gasteiger charge is 2.28. The van der Waals surface area contributed by atoms with Gasteiger partial charge in [-0.15, -0.1) is 0 Å². The molecule has 1 aromatic carbocycles. The van der Waals surface area contributed by atoms with E-state index in [1.165, 1.54) is 0 Å². The van der Waals surface area contributed by atoms with Gasteiger partial charge in [0, 0.05) is 58.0 Å². The molecule has 3 amide bonds. The summed E-state index contributed by atoms with van der Waals surface area (Å²) in [6.45, 7) is 11.5. The van der Waals surface area contributed by atoms with Crippen LogP contribution in [-0.4, -0.2) is 103 Å². The Labute approximate surface area is 206 Å². The molecular weight excluding hydrogens is 446 g/mol. The number of nitrogens with zero attached hydrogens (tertiary/aromatic N) is 4. The van der Waals surface area contributed by atoms with Gasteiger partial charge in [0.1, 0.15) is 5.76 Å². The third-order valence-electron chi connectivity index (χ3n) is 6.81. The monoisotopic (exact) mass is 481 g/mol. The van der Waals surface area contributed by atoms with E-state index in [4.69, 9.17) is 4.42 Å². The van der Waals surface area contributed by atoms with Crippen LogP contribution < -0.4 is 5.32 Å². The van der Waals surface area contributed by atoms with Crippen LogP contribution in [-0.2, 0) is 9.59 Å². The van der Waals surface area contributed by atoms with Crippen molar-refractivity contribution >= 4 is 23.4 Å². The molecule has 0 aliphatic carbocycles. The summed E-state index contributed by atoms with van der Waals surface area (Å²) in [5, 5.41) is 3.04. The minimum atomic E-state index is -0.0955. The van der Waals surface area contributed by atoms with E-state index in [9.17, 15) is 14.4 Å². The van der Waals surface area contributed by atoms with E-state index in [1.54, 1.807) is 17.0 Å². The van der Waals surface area contributed by atoms with Gasteiger partial charge in [-0.25, -0.2) is 0 Å². The lowest BCUT2D eigenvalue weighted by molar-refractivity contribution is -0.134. The fraction of sp³-hybridized carbons (Fsp3) is 0.500. The SMILES string of the molecule is Cc1ccc(C(=O)N2CCN(CC(=O)N3CCN(CC(=O)Nc4c(C)cccc4C)CC3)CC2)o1. The Hall–Kier alpha value is -3.17. The first-order chi connectivity index (χ1) is 16.8. The van der Waals surface area contributed by atoms with Crippen LogP contribution in [0, 0.1) is 20.8 Å². The summed E-state index contributed by atoms with van der Waals surface area (Å²) in [6.07, 6.45) is 0. The molecule has 2 aromatic rings. The van der Waals surface area contributed by atoms with Crippen molar-refractivity contribution in [1.29, 1.82) is 0 Å². The van der Waals surface area contributed by atoms with Crippen molar-refractivity contribution in [1.82, 2.24) is 19.6 Å². The molecule has 188 valence electrons. The largest absolute Gasteiger partial charge is 0.456 e. The van der Waals surface area contributed by atoms with Crippen molar-refractivity contribution in [2.24, 2.45) is 0 Å². The van der Waals surface area contributed by atoms with Crippen molar-refractivity contribution in [3.05, 3.63) is 53.0 Å². The number of amides is 3. The number of benzene rings is 1. The number of carbonyl (C=O) groups excluding carboxylic acids is 3. The summed E-state index contributed by atoms with van der Waals surface area (Å²) in [5.74, 6) is 1.07. The molecule has 0 saturated carbocycles. The van der Waals surface area contributed by atoms with Gasteiger partial charge in [0.15, 0.2) is 5.76 Å². The highest BCUT2D eigenvalue weighted by Crippen LogP contribution is 2.19. The van der Waals surface area contributed by atoms with E-state index in [-0.39, 0.29) is 17.7 Å². The number of carbonyl (C=O) groups is 3. The van der Waals surface area contributed by atoms with Crippen molar-refractivity contribution in [2.75, 3.05) is 70.8 Å². The number of anilines is 1. The third kappa shape index (κ3) is 6.29. The molecule has 0 spiro atoms. The topological polar surface area (TPSA) is 89.3 Å². The smallest absolute Gasteiger partial charge is 0.289 e. The fourth-order valence-electron chi connectivity index (χ4n) is 4.65. The molecule has 1 N–H and O–H groups in total. The molecule has 35 heavy (non-hydrogen) atoms. The first-order valence-electron chi connectivity index (χ1n) is 12.2. The number of hydrogen-bond donors (Lipinski definition) is 1. The Balaban J connectivity index is 1.17. The van der Waals surface area contributed by atoms with Gasteiger partial charge in [0.25, 0.3) is 5.91 Å². The lowest BCUT2D eigenvalue weighted by Crippen LogP contribution is -2.55. The lowest BCUT2D eigenvalue weighted by atomic mass is 10.1. The predicted molar refractivity (Wildman–Crippen MR) is 133 cm³/mol. The summed E-state index contributed by atoms with van der Waals surface area (Å²) < 4.78 is 5.45. The van der Waals surface area contributed by atoms with Crippen LogP contribution in [0.3, 0.4) is 0 Å². The number of aryl methyl sites for hydroxylation is 3. The van der Waals surface area contributed by atoms with E-state index in [1.807, 2.05) is 43.9 Å². The van der Waals surface area contributed by atoms with E-state index >= 15 is 0 Å². The zero-order valence-electron chi connectivity index (χ0n) is 20.9. The summed E-state index contributed by atoms with van der Waals surface area (Å²) >= 11 is 0. The molecular formula is C26H35N5O4. The molecule has 0 radical (unpaired) electrons. The summed E-state index contributed by atoms with van der Waals surface area (Å²) in [5.41, 5.74) is 2.98. The number of furan rings is 1. The molecule has 2 aliphatic heterocycles. The average molecular weight is 482 g/mol. The molecule has 4 rings (SSSR count). The second-order valence-corrected chi connectivity index (χ2v) is 9.45. The molecule has 3 heterocycles. The average Bonchev–Trinajstić information content (AvgIpc) is 3.28. The number of nitrogens with one attached hydrogen (secondary N) is 1. The van der Waals surface area contributed by atoms with Gasteiger partial charge in [0.2, 0.25) is 11.8 Å². The molecule has 2 saturated heterocycles. The minimum Gasteiger partial charge on any atom is -0.456 e. The van der Waals surface area contributed by atoms with Gasteiger partial charge in [-0.05, 0) is 44.0 Å².